The number of nitrogens with two attached hydrogens (primary N) is 1. The van der Waals surface area contributed by atoms with Crippen molar-refractivity contribution in [3.63, 3.8) is 0 Å². The lowest BCUT2D eigenvalue weighted by atomic mass is 9.89. The van der Waals surface area contributed by atoms with E-state index in [9.17, 15) is 0 Å². The van der Waals surface area contributed by atoms with Crippen LogP contribution in [0.2, 0.25) is 0 Å². The van der Waals surface area contributed by atoms with Gasteiger partial charge in [-0.2, -0.15) is 0 Å². The molecule has 1 aliphatic heterocycles. The molecule has 0 saturated carbocycles. The molecular formula is C12H14N2. The van der Waals surface area contributed by atoms with Crippen molar-refractivity contribution in [1.29, 1.82) is 0 Å². The van der Waals surface area contributed by atoms with E-state index in [2.05, 4.69) is 35.7 Å². The van der Waals surface area contributed by atoms with E-state index in [1.165, 1.54) is 16.8 Å². The average molecular weight is 186 g/mol. The molecule has 1 heterocycles. The molecule has 0 bridgehead atoms. The summed E-state index contributed by atoms with van der Waals surface area (Å²) in [5.41, 5.74) is 10.1. The maximum Gasteiger partial charge on any atom is 0.0668 e. The summed E-state index contributed by atoms with van der Waals surface area (Å²) in [6, 6.07) is 9.07. The monoisotopic (exact) mass is 186 g/mol. The van der Waals surface area contributed by atoms with Crippen LogP contribution in [0, 0.1) is 0 Å². The van der Waals surface area contributed by atoms with Gasteiger partial charge in [0.15, 0.2) is 0 Å². The highest BCUT2D eigenvalue weighted by atomic mass is 15.0. The van der Waals surface area contributed by atoms with Gasteiger partial charge in [0.1, 0.15) is 0 Å². The normalized spacial score (nSPS) is 28.8. The summed E-state index contributed by atoms with van der Waals surface area (Å²) >= 11 is 0. The van der Waals surface area contributed by atoms with E-state index in [1.807, 2.05) is 0 Å². The highest BCUT2D eigenvalue weighted by Gasteiger charge is 2.32. The number of hydrogen-bond acceptors (Lipinski definition) is 2. The lowest BCUT2D eigenvalue weighted by Crippen LogP contribution is -2.39. The molecule has 1 aliphatic carbocycles. The van der Waals surface area contributed by atoms with Crippen LogP contribution < -0.4 is 11.1 Å². The molecule has 14 heavy (non-hydrogen) atoms. The average Bonchev–Trinajstić information content (AvgIpc) is 2.59. The minimum atomic E-state index is 0.266. The van der Waals surface area contributed by atoms with Crippen molar-refractivity contribution in [2.24, 2.45) is 5.73 Å². The molecule has 2 unspecified atom stereocenters. The summed E-state index contributed by atoms with van der Waals surface area (Å²) in [7, 11) is 0. The van der Waals surface area contributed by atoms with Crippen LogP contribution >= 0.6 is 0 Å². The van der Waals surface area contributed by atoms with Gasteiger partial charge in [0, 0.05) is 17.3 Å². The zero-order chi connectivity index (χ0) is 9.54. The number of para-hydroxylation sites is 1. The minimum absolute atomic E-state index is 0.266. The van der Waals surface area contributed by atoms with Crippen molar-refractivity contribution in [3.05, 3.63) is 35.9 Å². The molecular weight excluding hydrogens is 172 g/mol. The second kappa shape index (κ2) is 2.85. The smallest absolute Gasteiger partial charge is 0.0668 e. The van der Waals surface area contributed by atoms with E-state index in [4.69, 9.17) is 5.73 Å². The van der Waals surface area contributed by atoms with Crippen LogP contribution in [-0.2, 0) is 0 Å². The van der Waals surface area contributed by atoms with Gasteiger partial charge in [0.2, 0.25) is 0 Å². The minimum Gasteiger partial charge on any atom is -0.376 e. The van der Waals surface area contributed by atoms with Gasteiger partial charge in [-0.1, -0.05) is 24.3 Å². The van der Waals surface area contributed by atoms with Gasteiger partial charge in [-0.25, -0.2) is 0 Å². The molecule has 0 spiro atoms. The van der Waals surface area contributed by atoms with Crippen molar-refractivity contribution < 1.29 is 0 Å². The third-order valence-corrected chi connectivity index (χ3v) is 3.18. The summed E-state index contributed by atoms with van der Waals surface area (Å²) in [6.07, 6.45) is 4.53. The summed E-state index contributed by atoms with van der Waals surface area (Å²) in [5.74, 6) is 0. The van der Waals surface area contributed by atoms with Crippen LogP contribution in [0.15, 0.2) is 30.3 Å². The number of benzene rings is 1. The number of hydrogen-bond donors (Lipinski definition) is 2. The molecule has 1 aromatic carbocycles. The van der Waals surface area contributed by atoms with Gasteiger partial charge in [0.25, 0.3) is 0 Å². The second-order valence-electron chi connectivity index (χ2n) is 4.07. The Morgan fingerprint density at radius 1 is 1.29 bits per heavy atom. The lowest BCUT2D eigenvalue weighted by molar-refractivity contribution is 0.581. The number of anilines is 1. The Labute approximate surface area is 83.8 Å². The van der Waals surface area contributed by atoms with E-state index >= 15 is 0 Å². The standard InChI is InChI=1S/C12H14N2/c13-10-6-3-5-9-8-4-1-2-7-11(8)14-12(9)10/h1-2,4-5,7,10,12,14H,3,6,13H2. The van der Waals surface area contributed by atoms with Crippen LogP contribution in [0.1, 0.15) is 18.4 Å². The summed E-state index contributed by atoms with van der Waals surface area (Å²) in [4.78, 5) is 0. The zero-order valence-electron chi connectivity index (χ0n) is 8.03. The van der Waals surface area contributed by atoms with Crippen LogP contribution in [-0.4, -0.2) is 12.1 Å². The summed E-state index contributed by atoms with van der Waals surface area (Å²) < 4.78 is 0. The van der Waals surface area contributed by atoms with Gasteiger partial charge in [-0.05, 0) is 24.5 Å². The summed E-state index contributed by atoms with van der Waals surface area (Å²) in [6.45, 7) is 0. The number of rotatable bonds is 0. The predicted octanol–water partition coefficient (Wildman–Crippen LogP) is 1.99. The Morgan fingerprint density at radius 2 is 2.14 bits per heavy atom. The van der Waals surface area contributed by atoms with Crippen LogP contribution in [0.25, 0.3) is 5.57 Å². The number of fused-ring (bicyclic) bond motifs is 3. The Hall–Kier alpha value is -1.28. The predicted molar refractivity (Wildman–Crippen MR) is 59.0 cm³/mol. The third kappa shape index (κ3) is 1.01. The van der Waals surface area contributed by atoms with Gasteiger partial charge >= 0.3 is 0 Å². The van der Waals surface area contributed by atoms with Crippen molar-refractivity contribution in [2.45, 2.75) is 24.9 Å². The Balaban J connectivity index is 2.11. The molecule has 0 radical (unpaired) electrons. The van der Waals surface area contributed by atoms with Gasteiger partial charge in [-0.3, -0.25) is 0 Å². The number of nitrogens with one attached hydrogen (secondary N) is 1. The molecule has 0 amide bonds. The maximum absolute atomic E-state index is 6.10. The Bertz CT molecular complexity index is 395. The van der Waals surface area contributed by atoms with E-state index in [0.29, 0.717) is 6.04 Å². The van der Waals surface area contributed by atoms with Crippen molar-refractivity contribution >= 4 is 11.3 Å². The fourth-order valence-corrected chi connectivity index (χ4v) is 2.45. The second-order valence-corrected chi connectivity index (χ2v) is 4.07. The first-order valence-corrected chi connectivity index (χ1v) is 5.18. The third-order valence-electron chi connectivity index (χ3n) is 3.18. The summed E-state index contributed by atoms with van der Waals surface area (Å²) in [5, 5.41) is 3.49. The van der Waals surface area contributed by atoms with Crippen LogP contribution in [0.3, 0.4) is 0 Å². The highest BCUT2D eigenvalue weighted by Crippen LogP contribution is 2.39. The van der Waals surface area contributed by atoms with Gasteiger partial charge < -0.3 is 11.1 Å². The first kappa shape index (κ1) is 8.06. The molecule has 1 aromatic rings. The molecule has 0 aromatic heterocycles. The molecule has 0 fully saturated rings. The van der Waals surface area contributed by atoms with E-state index in [-0.39, 0.29) is 6.04 Å². The molecule has 3 N–H and O–H groups in total. The molecule has 2 atom stereocenters. The molecule has 2 aliphatic rings. The molecule has 72 valence electrons. The zero-order valence-corrected chi connectivity index (χ0v) is 8.03. The SMILES string of the molecule is NC1CCC=C2c3ccccc3NC21. The first-order chi connectivity index (χ1) is 6.86. The Kier molecular flexibility index (Phi) is 1.64. The Morgan fingerprint density at radius 3 is 3.07 bits per heavy atom. The topological polar surface area (TPSA) is 38.0 Å². The quantitative estimate of drug-likeness (QED) is 0.650. The number of allylic oxidation sites excluding steroid dienone is 1. The van der Waals surface area contributed by atoms with Gasteiger partial charge in [-0.15, -0.1) is 0 Å². The van der Waals surface area contributed by atoms with Crippen LogP contribution in [0.4, 0.5) is 5.69 Å². The fraction of sp³-hybridized carbons (Fsp3) is 0.333. The van der Waals surface area contributed by atoms with Crippen molar-refractivity contribution in [3.8, 4) is 0 Å². The van der Waals surface area contributed by atoms with Crippen molar-refractivity contribution in [2.75, 3.05) is 5.32 Å². The first-order valence-electron chi connectivity index (χ1n) is 5.18. The molecule has 0 saturated heterocycles. The maximum atomic E-state index is 6.10. The van der Waals surface area contributed by atoms with E-state index in [0.717, 1.165) is 12.8 Å². The van der Waals surface area contributed by atoms with Crippen molar-refractivity contribution in [1.82, 2.24) is 0 Å². The lowest BCUT2D eigenvalue weighted by Gasteiger charge is -2.25. The van der Waals surface area contributed by atoms with Crippen LogP contribution in [0.5, 0.6) is 0 Å². The van der Waals surface area contributed by atoms with E-state index < -0.39 is 0 Å². The molecule has 3 rings (SSSR count). The molecule has 2 nitrogen and oxygen atoms in total. The molecule has 2 heteroatoms. The highest BCUT2D eigenvalue weighted by molar-refractivity contribution is 5.87. The van der Waals surface area contributed by atoms with Gasteiger partial charge in [0.05, 0.1) is 6.04 Å². The van der Waals surface area contributed by atoms with E-state index in [1.54, 1.807) is 0 Å². The largest absolute Gasteiger partial charge is 0.376 e. The fourth-order valence-electron chi connectivity index (χ4n) is 2.45.